The monoisotopic (exact) mass is 455 g/mol. The first-order valence-electron chi connectivity index (χ1n) is 11.2. The average molecular weight is 456 g/mol. The number of benzene rings is 3. The molecule has 0 aromatic heterocycles. The first kappa shape index (κ1) is 25.0. The van der Waals surface area contributed by atoms with Gasteiger partial charge in [0.1, 0.15) is 6.10 Å². The second-order valence-corrected chi connectivity index (χ2v) is 7.75. The number of hydrogen-bond acceptors (Lipinski definition) is 4. The summed E-state index contributed by atoms with van der Waals surface area (Å²) in [5.41, 5.74) is 12.0. The molecule has 3 aromatic carbocycles. The van der Waals surface area contributed by atoms with Crippen molar-refractivity contribution in [3.05, 3.63) is 118 Å². The minimum atomic E-state index is -0.547. The van der Waals surface area contributed by atoms with Crippen molar-refractivity contribution in [2.24, 2.45) is 5.11 Å². The Morgan fingerprint density at radius 2 is 1.15 bits per heavy atom. The predicted octanol–water partition coefficient (Wildman–Crippen LogP) is 6.08. The van der Waals surface area contributed by atoms with Gasteiger partial charge in [0.15, 0.2) is 0 Å². The van der Waals surface area contributed by atoms with Gasteiger partial charge in [-0.15, -0.1) is 12.3 Å². The summed E-state index contributed by atoms with van der Waals surface area (Å²) in [6.07, 6.45) is 4.48. The average Bonchev–Trinajstić information content (AvgIpc) is 2.90. The molecule has 0 fully saturated rings. The topological polar surface area (TPSA) is 76.5 Å². The molecule has 0 radical (unpaired) electrons. The SMILES string of the molecule is C#CC[C@@H](OCc1ccccc1)[C@H](OCc1ccccc1)[C@@H](CN=[N+]=[N-])OCc1ccccc1. The van der Waals surface area contributed by atoms with E-state index in [2.05, 4.69) is 15.9 Å². The van der Waals surface area contributed by atoms with Crippen LogP contribution < -0.4 is 0 Å². The number of ether oxygens (including phenoxy) is 3. The molecule has 0 aliphatic rings. The molecular weight excluding hydrogens is 426 g/mol. The van der Waals surface area contributed by atoms with E-state index < -0.39 is 18.3 Å². The second-order valence-electron chi connectivity index (χ2n) is 7.75. The zero-order valence-corrected chi connectivity index (χ0v) is 19.1. The van der Waals surface area contributed by atoms with E-state index in [4.69, 9.17) is 26.2 Å². The lowest BCUT2D eigenvalue weighted by Gasteiger charge is -2.32. The third-order valence-corrected chi connectivity index (χ3v) is 5.28. The number of azide groups is 1. The molecule has 0 aliphatic carbocycles. The normalized spacial score (nSPS) is 13.3. The lowest BCUT2D eigenvalue weighted by atomic mass is 10.0. The van der Waals surface area contributed by atoms with Gasteiger partial charge in [0.05, 0.1) is 38.6 Å². The number of hydrogen-bond donors (Lipinski definition) is 0. The first-order chi connectivity index (χ1) is 16.8. The Morgan fingerprint density at radius 1 is 0.706 bits per heavy atom. The third-order valence-electron chi connectivity index (χ3n) is 5.28. The quantitative estimate of drug-likeness (QED) is 0.128. The van der Waals surface area contributed by atoms with Crippen LogP contribution in [-0.4, -0.2) is 24.9 Å². The van der Waals surface area contributed by atoms with Crippen molar-refractivity contribution in [2.75, 3.05) is 6.54 Å². The van der Waals surface area contributed by atoms with Crippen LogP contribution in [0.25, 0.3) is 10.4 Å². The van der Waals surface area contributed by atoms with E-state index in [0.717, 1.165) is 16.7 Å². The summed E-state index contributed by atoms with van der Waals surface area (Å²) >= 11 is 0. The lowest BCUT2D eigenvalue weighted by Crippen LogP contribution is -2.44. The highest BCUT2D eigenvalue weighted by atomic mass is 16.6. The van der Waals surface area contributed by atoms with Crippen molar-refractivity contribution >= 4 is 0 Å². The van der Waals surface area contributed by atoms with Crippen LogP contribution in [0.2, 0.25) is 0 Å². The smallest absolute Gasteiger partial charge is 0.111 e. The van der Waals surface area contributed by atoms with E-state index >= 15 is 0 Å². The molecule has 3 aromatic rings. The molecule has 0 N–H and O–H groups in total. The van der Waals surface area contributed by atoms with Crippen LogP contribution in [0.5, 0.6) is 0 Å². The van der Waals surface area contributed by atoms with E-state index in [0.29, 0.717) is 26.2 Å². The molecule has 0 heterocycles. The van der Waals surface area contributed by atoms with Crippen molar-refractivity contribution in [3.63, 3.8) is 0 Å². The zero-order chi connectivity index (χ0) is 23.8. The second kappa shape index (κ2) is 14.5. The maximum Gasteiger partial charge on any atom is 0.111 e. The molecule has 3 rings (SSSR count). The Kier molecular flexibility index (Phi) is 10.7. The van der Waals surface area contributed by atoms with Crippen molar-refractivity contribution in [1.29, 1.82) is 0 Å². The summed E-state index contributed by atoms with van der Waals surface area (Å²) in [5, 5.41) is 3.79. The van der Waals surface area contributed by atoms with Gasteiger partial charge in [-0.3, -0.25) is 0 Å². The fraction of sp³-hybridized carbons (Fsp3) is 0.286. The van der Waals surface area contributed by atoms with E-state index in [-0.39, 0.29) is 6.54 Å². The van der Waals surface area contributed by atoms with Gasteiger partial charge in [-0.1, -0.05) is 96.1 Å². The minimum Gasteiger partial charge on any atom is -0.371 e. The number of nitrogens with zero attached hydrogens (tertiary/aromatic N) is 3. The molecule has 6 nitrogen and oxygen atoms in total. The van der Waals surface area contributed by atoms with Gasteiger partial charge >= 0.3 is 0 Å². The number of terminal acetylenes is 1. The standard InChI is InChI=1S/C28H29N3O3/c1-2-12-26(32-20-23-13-6-3-7-14-23)28(34-22-25-17-10-5-11-18-25)27(19-30-31-29)33-21-24-15-8-4-9-16-24/h1,3-11,13-18,26-28H,12,19-22H2/t26-,27-,28+/m1/s1. The Labute approximate surface area is 201 Å². The molecule has 34 heavy (non-hydrogen) atoms. The van der Waals surface area contributed by atoms with Crippen LogP contribution in [0.1, 0.15) is 23.1 Å². The Balaban J connectivity index is 1.81. The summed E-state index contributed by atoms with van der Waals surface area (Å²) in [6.45, 7) is 1.17. The molecule has 0 amide bonds. The summed E-state index contributed by atoms with van der Waals surface area (Å²) in [7, 11) is 0. The van der Waals surface area contributed by atoms with Crippen molar-refractivity contribution in [3.8, 4) is 12.3 Å². The van der Waals surface area contributed by atoms with Gasteiger partial charge < -0.3 is 14.2 Å². The molecule has 6 heteroatoms. The number of rotatable bonds is 14. The van der Waals surface area contributed by atoms with Gasteiger partial charge in [-0.25, -0.2) is 0 Å². The molecule has 0 saturated carbocycles. The van der Waals surface area contributed by atoms with Crippen molar-refractivity contribution in [1.82, 2.24) is 0 Å². The van der Waals surface area contributed by atoms with E-state index in [1.54, 1.807) is 0 Å². The van der Waals surface area contributed by atoms with Gasteiger partial charge in [0.2, 0.25) is 0 Å². The minimum absolute atomic E-state index is 0.0958. The van der Waals surface area contributed by atoms with Crippen LogP contribution >= 0.6 is 0 Å². The van der Waals surface area contributed by atoms with Crippen molar-refractivity contribution in [2.45, 2.75) is 44.6 Å². The molecule has 3 atom stereocenters. The van der Waals surface area contributed by atoms with Gasteiger partial charge in [0.25, 0.3) is 0 Å². The maximum atomic E-state index is 8.98. The molecule has 0 bridgehead atoms. The molecule has 0 spiro atoms. The third kappa shape index (κ3) is 8.40. The Hall–Kier alpha value is -3.59. The van der Waals surface area contributed by atoms with Crippen LogP contribution in [0.4, 0.5) is 0 Å². The molecule has 0 aliphatic heterocycles. The summed E-state index contributed by atoms with van der Waals surface area (Å²) < 4.78 is 18.8. The predicted molar refractivity (Wildman–Crippen MR) is 133 cm³/mol. The summed E-state index contributed by atoms with van der Waals surface area (Å²) in [5.74, 6) is 2.70. The van der Waals surface area contributed by atoms with Gasteiger partial charge in [-0.05, 0) is 22.2 Å². The van der Waals surface area contributed by atoms with Gasteiger partial charge in [-0.2, -0.15) is 0 Å². The largest absolute Gasteiger partial charge is 0.371 e. The fourth-order valence-electron chi connectivity index (χ4n) is 3.53. The van der Waals surface area contributed by atoms with E-state index in [9.17, 15) is 0 Å². The summed E-state index contributed by atoms with van der Waals surface area (Å²) in [4.78, 5) is 2.94. The maximum absolute atomic E-state index is 8.98. The highest BCUT2D eigenvalue weighted by molar-refractivity contribution is 5.15. The zero-order valence-electron chi connectivity index (χ0n) is 19.1. The Morgan fingerprint density at radius 3 is 1.59 bits per heavy atom. The van der Waals surface area contributed by atoms with Crippen LogP contribution in [-0.2, 0) is 34.0 Å². The molecule has 0 saturated heterocycles. The molecular formula is C28H29N3O3. The Bertz CT molecular complexity index is 1050. The van der Waals surface area contributed by atoms with E-state index in [1.807, 2.05) is 91.0 Å². The lowest BCUT2D eigenvalue weighted by molar-refractivity contribution is -0.147. The fourth-order valence-corrected chi connectivity index (χ4v) is 3.53. The van der Waals surface area contributed by atoms with Crippen LogP contribution in [0, 0.1) is 12.3 Å². The summed E-state index contributed by atoms with van der Waals surface area (Å²) in [6, 6.07) is 29.6. The van der Waals surface area contributed by atoms with Crippen molar-refractivity contribution < 1.29 is 14.2 Å². The van der Waals surface area contributed by atoms with Crippen LogP contribution in [0.3, 0.4) is 0 Å². The highest BCUT2D eigenvalue weighted by Crippen LogP contribution is 2.21. The van der Waals surface area contributed by atoms with E-state index in [1.165, 1.54) is 0 Å². The first-order valence-corrected chi connectivity index (χ1v) is 11.2. The van der Waals surface area contributed by atoms with Crippen LogP contribution in [0.15, 0.2) is 96.1 Å². The molecule has 0 unspecified atom stereocenters. The van der Waals surface area contributed by atoms with Gasteiger partial charge in [0, 0.05) is 11.3 Å². The highest BCUT2D eigenvalue weighted by Gasteiger charge is 2.32. The molecule has 174 valence electrons.